The molecule has 9 heteroatoms. The number of hydrogen-bond donors (Lipinski definition) is 1. The van der Waals surface area contributed by atoms with Crippen LogP contribution in [0.3, 0.4) is 0 Å². The number of thioether (sulfide) groups is 1. The lowest BCUT2D eigenvalue weighted by molar-refractivity contribution is -0.137. The first-order valence-corrected chi connectivity index (χ1v) is 9.49. The molecule has 1 saturated heterocycles. The van der Waals surface area contributed by atoms with E-state index in [0.29, 0.717) is 16.4 Å². The van der Waals surface area contributed by atoms with E-state index in [1.165, 1.54) is 11.0 Å². The smallest absolute Gasteiger partial charge is 0.340 e. The van der Waals surface area contributed by atoms with E-state index in [1.54, 1.807) is 27.7 Å². The van der Waals surface area contributed by atoms with Crippen molar-refractivity contribution in [1.82, 2.24) is 9.88 Å². The molecule has 8 nitrogen and oxygen atoms in total. The van der Waals surface area contributed by atoms with Gasteiger partial charge in [0.1, 0.15) is 0 Å². The van der Waals surface area contributed by atoms with Crippen LogP contribution < -0.4 is 0 Å². The zero-order valence-corrected chi connectivity index (χ0v) is 16.5. The van der Waals surface area contributed by atoms with Crippen LogP contribution in [0.2, 0.25) is 0 Å². The maximum absolute atomic E-state index is 12.9. The van der Waals surface area contributed by atoms with Gasteiger partial charge in [0, 0.05) is 11.4 Å². The Morgan fingerprint density at radius 1 is 1.11 bits per heavy atom. The number of nitrogens with one attached hydrogen (secondary N) is 1. The van der Waals surface area contributed by atoms with Crippen molar-refractivity contribution in [3.63, 3.8) is 0 Å². The molecule has 146 valence electrons. The van der Waals surface area contributed by atoms with Gasteiger partial charge in [-0.15, -0.1) is 0 Å². The number of H-pyrrole nitrogens is 1. The topological polar surface area (TPSA) is 106 Å². The Hall–Kier alpha value is -2.55. The first kappa shape index (κ1) is 20.8. The number of aryl methyl sites for hydroxylation is 2. The van der Waals surface area contributed by atoms with Crippen LogP contribution in [0.1, 0.15) is 46.0 Å². The fourth-order valence-electron chi connectivity index (χ4n) is 2.80. The predicted molar refractivity (Wildman–Crippen MR) is 99.4 cm³/mol. The van der Waals surface area contributed by atoms with Crippen molar-refractivity contribution >= 4 is 35.4 Å². The Balaban J connectivity index is 2.29. The number of carbonyl (C=O) groups is 4. The molecule has 1 amide bonds. The van der Waals surface area contributed by atoms with Gasteiger partial charge < -0.3 is 14.5 Å². The SMILES string of the molecule is CCOC(=O)/C=C1\SCC(=O)N1CC(=O)c1c(C)[nH]c(C)c1C(=O)OCC. The lowest BCUT2D eigenvalue weighted by Gasteiger charge is -2.16. The molecule has 1 aromatic heterocycles. The Labute approximate surface area is 161 Å². The highest BCUT2D eigenvalue weighted by Crippen LogP contribution is 2.30. The molecule has 0 aromatic carbocycles. The minimum absolute atomic E-state index is 0.133. The van der Waals surface area contributed by atoms with Crippen LogP contribution in [-0.4, -0.2) is 59.0 Å². The summed E-state index contributed by atoms with van der Waals surface area (Å²) < 4.78 is 9.90. The molecule has 27 heavy (non-hydrogen) atoms. The van der Waals surface area contributed by atoms with Crippen LogP contribution in [0.25, 0.3) is 0 Å². The molecular formula is C18H22N2O6S. The number of rotatable bonds is 7. The molecular weight excluding hydrogens is 372 g/mol. The number of aromatic nitrogens is 1. The van der Waals surface area contributed by atoms with Crippen molar-refractivity contribution in [2.24, 2.45) is 0 Å². The van der Waals surface area contributed by atoms with Gasteiger partial charge in [0.15, 0.2) is 5.78 Å². The van der Waals surface area contributed by atoms with E-state index in [1.807, 2.05) is 0 Å². The third-order valence-corrected chi connectivity index (χ3v) is 4.90. The number of ketones is 1. The summed E-state index contributed by atoms with van der Waals surface area (Å²) in [6, 6.07) is 0. The zero-order chi connectivity index (χ0) is 20.1. The number of carbonyl (C=O) groups excluding carboxylic acids is 4. The van der Waals surface area contributed by atoms with Crippen LogP contribution >= 0.6 is 11.8 Å². The lowest BCUT2D eigenvalue weighted by Crippen LogP contribution is -2.31. The van der Waals surface area contributed by atoms with Gasteiger partial charge in [-0.25, -0.2) is 9.59 Å². The van der Waals surface area contributed by atoms with E-state index >= 15 is 0 Å². The number of esters is 2. The second-order valence-electron chi connectivity index (χ2n) is 5.77. The van der Waals surface area contributed by atoms with Crippen molar-refractivity contribution < 1.29 is 28.7 Å². The lowest BCUT2D eigenvalue weighted by atomic mass is 10.0. The standard InChI is InChI=1S/C18H22N2O6S/c1-5-25-15(23)7-14-20(13(22)9-27-14)8-12(21)16-10(3)19-11(4)17(16)18(24)26-6-2/h7,19H,5-6,8-9H2,1-4H3/b14-7-. The van der Waals surface area contributed by atoms with E-state index in [-0.39, 0.29) is 42.5 Å². The van der Waals surface area contributed by atoms with Crippen LogP contribution in [0, 0.1) is 13.8 Å². The normalized spacial score (nSPS) is 15.3. The van der Waals surface area contributed by atoms with Crippen molar-refractivity contribution in [3.05, 3.63) is 33.6 Å². The van der Waals surface area contributed by atoms with Gasteiger partial charge >= 0.3 is 11.9 Å². The monoisotopic (exact) mass is 394 g/mol. The summed E-state index contributed by atoms with van der Waals surface area (Å²) in [5.41, 5.74) is 1.43. The number of ether oxygens (including phenoxy) is 2. The molecule has 0 aliphatic carbocycles. The molecule has 2 rings (SSSR count). The summed E-state index contributed by atoms with van der Waals surface area (Å²) in [6.07, 6.45) is 1.20. The molecule has 0 spiro atoms. The third kappa shape index (κ3) is 4.60. The molecule has 1 aliphatic rings. The zero-order valence-electron chi connectivity index (χ0n) is 15.7. The van der Waals surface area contributed by atoms with Gasteiger partial charge in [0.2, 0.25) is 5.91 Å². The summed E-state index contributed by atoms with van der Waals surface area (Å²) in [4.78, 5) is 53.2. The second-order valence-corrected chi connectivity index (χ2v) is 6.77. The first-order valence-electron chi connectivity index (χ1n) is 8.51. The molecule has 0 unspecified atom stereocenters. The summed E-state index contributed by atoms with van der Waals surface area (Å²) in [6.45, 7) is 6.84. The van der Waals surface area contributed by atoms with Gasteiger partial charge in [0.25, 0.3) is 0 Å². The first-order chi connectivity index (χ1) is 12.8. The average molecular weight is 394 g/mol. The molecule has 2 heterocycles. The highest BCUT2D eigenvalue weighted by atomic mass is 32.2. The summed E-state index contributed by atoms with van der Waals surface area (Å²) in [5, 5.41) is 0.356. The molecule has 0 bridgehead atoms. The molecule has 0 radical (unpaired) electrons. The molecule has 0 atom stereocenters. The van der Waals surface area contributed by atoms with E-state index < -0.39 is 17.7 Å². The summed E-state index contributed by atoms with van der Waals surface area (Å²) >= 11 is 1.16. The molecule has 1 aromatic rings. The number of Topliss-reactive ketones (excluding diaryl/α,β-unsaturated/α-hetero) is 1. The quantitative estimate of drug-likeness (QED) is 0.428. The van der Waals surface area contributed by atoms with E-state index in [4.69, 9.17) is 9.47 Å². The van der Waals surface area contributed by atoms with E-state index in [9.17, 15) is 19.2 Å². The number of amides is 1. The van der Waals surface area contributed by atoms with Crippen molar-refractivity contribution in [2.45, 2.75) is 27.7 Å². The van der Waals surface area contributed by atoms with Gasteiger partial charge in [-0.3, -0.25) is 14.5 Å². The Kier molecular flexibility index (Phi) is 6.84. The van der Waals surface area contributed by atoms with Crippen LogP contribution in [0.5, 0.6) is 0 Å². The fourth-order valence-corrected chi connectivity index (χ4v) is 3.72. The summed E-state index contributed by atoms with van der Waals surface area (Å²) in [5.74, 6) is -1.73. The number of aromatic amines is 1. The predicted octanol–water partition coefficient (Wildman–Crippen LogP) is 1.97. The average Bonchev–Trinajstić information content (AvgIpc) is 3.08. The third-order valence-electron chi connectivity index (χ3n) is 3.87. The van der Waals surface area contributed by atoms with Crippen LogP contribution in [0.4, 0.5) is 0 Å². The maximum atomic E-state index is 12.9. The van der Waals surface area contributed by atoms with Gasteiger partial charge in [-0.1, -0.05) is 11.8 Å². The molecule has 1 aliphatic heterocycles. The van der Waals surface area contributed by atoms with Crippen molar-refractivity contribution in [2.75, 3.05) is 25.5 Å². The highest BCUT2D eigenvalue weighted by molar-refractivity contribution is 8.04. The van der Waals surface area contributed by atoms with Crippen LogP contribution in [0.15, 0.2) is 11.1 Å². The number of nitrogens with zero attached hydrogens (tertiary/aromatic N) is 1. The van der Waals surface area contributed by atoms with Gasteiger partial charge in [0.05, 0.1) is 47.7 Å². The second kappa shape index (κ2) is 8.90. The Bertz CT molecular complexity index is 811. The van der Waals surface area contributed by atoms with Crippen molar-refractivity contribution in [3.8, 4) is 0 Å². The van der Waals surface area contributed by atoms with E-state index in [2.05, 4.69) is 4.98 Å². The van der Waals surface area contributed by atoms with Gasteiger partial charge in [-0.2, -0.15) is 0 Å². The molecule has 0 saturated carbocycles. The Morgan fingerprint density at radius 3 is 2.37 bits per heavy atom. The summed E-state index contributed by atoms with van der Waals surface area (Å²) in [7, 11) is 0. The number of hydrogen-bond acceptors (Lipinski definition) is 7. The maximum Gasteiger partial charge on any atom is 0.340 e. The molecule has 1 fully saturated rings. The Morgan fingerprint density at radius 2 is 1.74 bits per heavy atom. The minimum atomic E-state index is -0.591. The fraction of sp³-hybridized carbons (Fsp3) is 0.444. The highest BCUT2D eigenvalue weighted by Gasteiger charge is 2.32. The van der Waals surface area contributed by atoms with E-state index in [0.717, 1.165) is 11.8 Å². The largest absolute Gasteiger partial charge is 0.463 e. The minimum Gasteiger partial charge on any atom is -0.463 e. The molecule has 1 N–H and O–H groups in total. The van der Waals surface area contributed by atoms with Crippen molar-refractivity contribution in [1.29, 1.82) is 0 Å². The van der Waals surface area contributed by atoms with Gasteiger partial charge in [-0.05, 0) is 27.7 Å². The van der Waals surface area contributed by atoms with Crippen LogP contribution in [-0.2, 0) is 19.1 Å².